The number of anilines is 1. The minimum absolute atomic E-state index is 0.00147. The van der Waals surface area contributed by atoms with Crippen LogP contribution in [0.5, 0.6) is 0 Å². The number of thioether (sulfide) groups is 1. The van der Waals surface area contributed by atoms with Gasteiger partial charge in [-0.05, 0) is 53.5 Å². The van der Waals surface area contributed by atoms with Crippen LogP contribution in [0.3, 0.4) is 0 Å². The molecule has 3 aromatic rings. The molecule has 46 heavy (non-hydrogen) atoms. The van der Waals surface area contributed by atoms with E-state index in [0.717, 1.165) is 27.2 Å². The third-order valence-electron chi connectivity index (χ3n) is 8.26. The van der Waals surface area contributed by atoms with Crippen LogP contribution in [0.2, 0.25) is 0 Å². The van der Waals surface area contributed by atoms with Crippen LogP contribution in [0.25, 0.3) is 11.1 Å². The number of alkyl carbamates (subject to hydrolysis) is 1. The Bertz CT molecular complexity index is 1590. The van der Waals surface area contributed by atoms with Crippen LogP contribution in [-0.4, -0.2) is 86.9 Å². The molecule has 4 N–H and O–H groups in total. The Balaban J connectivity index is 1.24. The van der Waals surface area contributed by atoms with E-state index in [-0.39, 0.29) is 74.9 Å². The number of hydrogen-bond donors (Lipinski definition) is 4. The maximum absolute atomic E-state index is 13.0. The molecule has 1 aromatic heterocycles. The second-order valence-electron chi connectivity index (χ2n) is 11.3. The van der Waals surface area contributed by atoms with Crippen LogP contribution < -0.4 is 10.6 Å². The zero-order valence-electron chi connectivity index (χ0n) is 25.5. The number of H-pyrrole nitrogens is 1. The number of carbonyl (C=O) groups is 5. The number of aliphatic hydroxyl groups excluding tert-OH is 1. The number of aliphatic hydroxyl groups is 1. The minimum atomic E-state index is -0.825. The lowest BCUT2D eigenvalue weighted by atomic mass is 9.97. The fourth-order valence-corrected chi connectivity index (χ4v) is 6.50. The lowest BCUT2D eigenvalue weighted by molar-refractivity contribution is -0.138. The van der Waals surface area contributed by atoms with Gasteiger partial charge in [0.25, 0.3) is 0 Å². The summed E-state index contributed by atoms with van der Waals surface area (Å²) in [5.41, 5.74) is 5.02. The normalized spacial score (nSPS) is 17.4. The Morgan fingerprint density at radius 2 is 1.91 bits per heavy atom. The smallest absolute Gasteiger partial charge is 0.407 e. The lowest BCUT2D eigenvalue weighted by Crippen LogP contribution is -2.43. The van der Waals surface area contributed by atoms with Gasteiger partial charge in [-0.3, -0.25) is 24.1 Å². The number of fused-ring (bicyclic) bond motifs is 3. The summed E-state index contributed by atoms with van der Waals surface area (Å²) in [4.78, 5) is 71.4. The average Bonchev–Trinajstić information content (AvgIpc) is 3.74. The van der Waals surface area contributed by atoms with E-state index in [2.05, 4.69) is 20.6 Å². The predicted octanol–water partition coefficient (Wildman–Crippen LogP) is 3.41. The van der Waals surface area contributed by atoms with Gasteiger partial charge in [0, 0.05) is 62.3 Å². The van der Waals surface area contributed by atoms with Gasteiger partial charge < -0.3 is 25.5 Å². The molecule has 13 heteroatoms. The molecule has 5 rings (SSSR count). The number of amides is 4. The third kappa shape index (κ3) is 7.65. The number of imidazole rings is 1. The summed E-state index contributed by atoms with van der Waals surface area (Å²) in [6.07, 6.45) is 5.71. The van der Waals surface area contributed by atoms with Crippen molar-refractivity contribution in [3.8, 4) is 11.1 Å². The zero-order valence-corrected chi connectivity index (χ0v) is 26.3. The predicted molar refractivity (Wildman–Crippen MR) is 172 cm³/mol. The molecule has 0 spiro atoms. The van der Waals surface area contributed by atoms with Gasteiger partial charge in [0.1, 0.15) is 6.61 Å². The summed E-state index contributed by atoms with van der Waals surface area (Å²) in [7, 11) is 0. The molecule has 1 saturated heterocycles. The summed E-state index contributed by atoms with van der Waals surface area (Å²) in [6, 6.07) is 12.5. The van der Waals surface area contributed by atoms with Crippen LogP contribution in [-0.2, 0) is 30.3 Å². The number of aromatic amines is 1. The number of imide groups is 1. The highest BCUT2D eigenvalue weighted by Gasteiger charge is 2.38. The lowest BCUT2D eigenvalue weighted by Gasteiger charge is -2.19. The van der Waals surface area contributed by atoms with E-state index in [4.69, 9.17) is 9.84 Å². The zero-order chi connectivity index (χ0) is 32.6. The van der Waals surface area contributed by atoms with Crippen molar-refractivity contribution < 1.29 is 33.8 Å². The number of nitrogens with one attached hydrogen (secondary N) is 3. The topological polar surface area (TPSA) is 171 Å². The molecule has 2 aliphatic rings. The Hall–Kier alpha value is -4.49. The van der Waals surface area contributed by atoms with Gasteiger partial charge in [0.2, 0.25) is 17.7 Å². The minimum Gasteiger partial charge on any atom is -0.449 e. The monoisotopic (exact) mass is 647 g/mol. The highest BCUT2D eigenvalue weighted by atomic mass is 32.2. The third-order valence-corrected chi connectivity index (χ3v) is 9.20. The van der Waals surface area contributed by atoms with Crippen LogP contribution in [0.1, 0.15) is 54.8 Å². The van der Waals surface area contributed by atoms with Crippen molar-refractivity contribution in [2.75, 3.05) is 31.3 Å². The Labute approximate surface area is 270 Å². The van der Waals surface area contributed by atoms with Gasteiger partial charge in [-0.15, -0.1) is 0 Å². The van der Waals surface area contributed by atoms with Gasteiger partial charge in [-0.1, -0.05) is 30.3 Å². The van der Waals surface area contributed by atoms with Crippen molar-refractivity contribution in [3.05, 3.63) is 71.8 Å². The molecule has 3 unspecified atom stereocenters. The molecule has 0 bridgehead atoms. The number of benzene rings is 2. The fraction of sp³-hybridized carbons (Fsp3) is 0.394. The first-order chi connectivity index (χ1) is 22.3. The van der Waals surface area contributed by atoms with Gasteiger partial charge in [0.15, 0.2) is 5.78 Å². The van der Waals surface area contributed by atoms with Crippen LogP contribution in [0.4, 0.5) is 10.5 Å². The number of hydrogen-bond acceptors (Lipinski definition) is 9. The molecule has 242 valence electrons. The van der Waals surface area contributed by atoms with E-state index in [1.165, 1.54) is 18.1 Å². The molecule has 3 atom stereocenters. The quantitative estimate of drug-likeness (QED) is 0.143. The molecular formula is C33H37N5O7S. The number of ketones is 1. The van der Waals surface area contributed by atoms with E-state index in [1.807, 2.05) is 36.4 Å². The van der Waals surface area contributed by atoms with Gasteiger partial charge in [-0.2, -0.15) is 11.8 Å². The SMILES string of the molecule is CSC1CC(=O)N(CCC(=O)Nc2ccc3c(c2)C(COC(=O)NC(Cc2cnc[nH]2)C(=O)CCCCO)c2ccccc2-3)C1=O. The Morgan fingerprint density at radius 3 is 2.65 bits per heavy atom. The molecule has 1 aliphatic carbocycles. The van der Waals surface area contributed by atoms with Gasteiger partial charge >= 0.3 is 6.09 Å². The van der Waals surface area contributed by atoms with Crippen molar-refractivity contribution >= 4 is 47.0 Å². The molecule has 0 radical (unpaired) electrons. The first-order valence-corrected chi connectivity index (χ1v) is 16.5. The van der Waals surface area contributed by atoms with Crippen molar-refractivity contribution in [1.29, 1.82) is 0 Å². The average molecular weight is 648 g/mol. The number of rotatable bonds is 15. The first-order valence-electron chi connectivity index (χ1n) is 15.2. The number of nitrogens with zero attached hydrogens (tertiary/aromatic N) is 2. The van der Waals surface area contributed by atoms with Crippen LogP contribution in [0, 0.1) is 0 Å². The molecule has 2 aromatic carbocycles. The second kappa shape index (κ2) is 15.2. The summed E-state index contributed by atoms with van der Waals surface area (Å²) < 4.78 is 5.69. The number of unbranched alkanes of at least 4 members (excludes halogenated alkanes) is 1. The number of aromatic nitrogens is 2. The molecule has 4 amide bonds. The number of Topliss-reactive ketones (excluding diaryl/α,β-unsaturated/α-hetero) is 1. The number of ether oxygens (including phenoxy) is 1. The van der Waals surface area contributed by atoms with Crippen LogP contribution >= 0.6 is 11.8 Å². The molecule has 0 saturated carbocycles. The summed E-state index contributed by atoms with van der Waals surface area (Å²) in [5.74, 6) is -1.34. The highest BCUT2D eigenvalue weighted by Crippen LogP contribution is 2.45. The fourth-order valence-electron chi connectivity index (χ4n) is 5.87. The van der Waals surface area contributed by atoms with Crippen molar-refractivity contribution in [1.82, 2.24) is 20.2 Å². The second-order valence-corrected chi connectivity index (χ2v) is 12.3. The highest BCUT2D eigenvalue weighted by molar-refractivity contribution is 8.00. The van der Waals surface area contributed by atoms with Crippen molar-refractivity contribution in [2.45, 2.75) is 55.7 Å². The molecule has 12 nitrogen and oxygen atoms in total. The van der Waals surface area contributed by atoms with Crippen molar-refractivity contribution in [3.63, 3.8) is 0 Å². The Kier molecular flexibility index (Phi) is 10.9. The van der Waals surface area contributed by atoms with Crippen molar-refractivity contribution in [2.24, 2.45) is 0 Å². The Morgan fingerprint density at radius 1 is 1.11 bits per heavy atom. The molecule has 1 aliphatic heterocycles. The maximum Gasteiger partial charge on any atom is 0.407 e. The summed E-state index contributed by atoms with van der Waals surface area (Å²) in [5, 5.41) is 14.3. The first kappa shape index (κ1) is 32.9. The van der Waals surface area contributed by atoms with E-state index < -0.39 is 17.4 Å². The largest absolute Gasteiger partial charge is 0.449 e. The molecule has 1 fully saturated rings. The van der Waals surface area contributed by atoms with Gasteiger partial charge in [-0.25, -0.2) is 9.78 Å². The molecule has 2 heterocycles. The molecular weight excluding hydrogens is 610 g/mol. The van der Waals surface area contributed by atoms with Gasteiger partial charge in [0.05, 0.1) is 17.6 Å². The van der Waals surface area contributed by atoms with E-state index in [9.17, 15) is 24.0 Å². The van der Waals surface area contributed by atoms with E-state index >= 15 is 0 Å². The van der Waals surface area contributed by atoms with E-state index in [1.54, 1.807) is 18.5 Å². The number of likely N-dealkylation sites (tertiary alicyclic amines) is 1. The summed E-state index contributed by atoms with van der Waals surface area (Å²) >= 11 is 1.33. The standard InChI is InChI=1S/C33H37N5O7S/c1-46-29-16-31(42)38(32(29)43)12-11-30(41)36-20-9-10-24-22-6-2-3-7-23(22)26(25(24)14-20)18-45-33(44)37-27(15-21-17-34-19-35-21)28(40)8-4-5-13-39/h2-3,6-7,9-10,14,17,19,26-27,29,39H,4-5,8,11-13,15-16,18H2,1H3,(H,34,35)(H,36,41)(H,37,44). The van der Waals surface area contributed by atoms with Crippen LogP contribution in [0.15, 0.2) is 55.0 Å². The van der Waals surface area contributed by atoms with E-state index in [0.29, 0.717) is 24.2 Å². The summed E-state index contributed by atoms with van der Waals surface area (Å²) in [6.45, 7) is 0.00932. The maximum atomic E-state index is 13.0. The number of carbonyl (C=O) groups excluding carboxylic acids is 5.